The first-order chi connectivity index (χ1) is 9.91. The van der Waals surface area contributed by atoms with Gasteiger partial charge < -0.3 is 5.73 Å². The van der Waals surface area contributed by atoms with Crippen LogP contribution in [0, 0.1) is 39.6 Å². The van der Waals surface area contributed by atoms with E-state index in [0.717, 1.165) is 6.42 Å². The van der Waals surface area contributed by atoms with Gasteiger partial charge in [-0.3, -0.25) is 0 Å². The van der Waals surface area contributed by atoms with E-state index in [1.54, 1.807) is 0 Å². The zero-order chi connectivity index (χ0) is 14.7. The van der Waals surface area contributed by atoms with Gasteiger partial charge in [-0.2, -0.15) is 6.54 Å². The quantitative estimate of drug-likeness (QED) is 0.227. The Balaban J connectivity index is 2.89. The number of nitrogens with one attached hydrogen (secondary N) is 1. The van der Waals surface area contributed by atoms with Gasteiger partial charge in [0.05, 0.1) is 0 Å². The van der Waals surface area contributed by atoms with Crippen LogP contribution in [0.15, 0.2) is 0 Å². The van der Waals surface area contributed by atoms with E-state index < -0.39 is 0 Å². The molecule has 119 valence electrons. The van der Waals surface area contributed by atoms with E-state index in [-0.39, 0.29) is 0 Å². The van der Waals surface area contributed by atoms with Crippen LogP contribution < -0.4 is 0 Å². The monoisotopic (exact) mass is 407 g/mol. The molecule has 1 nitrogen and oxygen atoms in total. The van der Waals surface area contributed by atoms with Crippen LogP contribution in [0.2, 0.25) is 1.94 Å². The molecule has 0 heterocycles. The molecule has 0 amide bonds. The predicted octanol–water partition coefficient (Wildman–Crippen LogP) is 7.25. The van der Waals surface area contributed by atoms with E-state index in [2.05, 4.69) is 0 Å². The average Bonchev–Trinajstić information content (AvgIpc) is 2.47. The average molecular weight is 408 g/mol. The summed E-state index contributed by atoms with van der Waals surface area (Å²) in [5, 5.41) is 0. The Labute approximate surface area is 155 Å². The molecule has 0 bridgehead atoms. The molecule has 0 radical (unpaired) electrons. The predicted molar refractivity (Wildman–Crippen MR) is 87.9 cm³/mol. The van der Waals surface area contributed by atoms with Gasteiger partial charge in [0, 0.05) is 0 Å². The first kappa shape index (κ1) is 21.3. The number of rotatable bonds is 17. The van der Waals surface area contributed by atoms with E-state index in [4.69, 9.17) is 5.73 Å². The summed E-state index contributed by atoms with van der Waals surface area (Å²) < 4.78 is 1.50. The Bertz CT molecular complexity index is 143. The number of unbranched alkanes of at least 4 members (excludes halogenated alkanes) is 15. The summed E-state index contributed by atoms with van der Waals surface area (Å²) >= 11 is 1.40. The van der Waals surface area contributed by atoms with Gasteiger partial charge >= 0.3 is 112 Å². The third kappa shape index (κ3) is 19.3. The third-order valence-electron chi connectivity index (χ3n) is 4.10. The summed E-state index contributed by atoms with van der Waals surface area (Å²) in [6, 6.07) is 0. The summed E-state index contributed by atoms with van der Waals surface area (Å²) in [7, 11) is 0. The fourth-order valence-corrected chi connectivity index (χ4v) is 3.51. The van der Waals surface area contributed by atoms with Crippen molar-refractivity contribution in [3.8, 4) is 0 Å². The van der Waals surface area contributed by atoms with Crippen LogP contribution in [-0.2, 0) is 0 Å². The molecule has 0 spiro atoms. The van der Waals surface area contributed by atoms with E-state index >= 15 is 0 Å². The van der Waals surface area contributed by atoms with Crippen molar-refractivity contribution in [1.82, 2.24) is 0 Å². The molecule has 1 N–H and O–H groups in total. The SMILES string of the molecule is [NH-]CCCCCCCCCCCCCCCCC[CH2][Ce]. The van der Waals surface area contributed by atoms with Crippen LogP contribution in [0.3, 0.4) is 0 Å². The van der Waals surface area contributed by atoms with Crippen LogP contribution in [0.25, 0.3) is 5.73 Å². The minimum absolute atomic E-state index is 0.625. The standard InChI is InChI=1S/C18H37N.Ce/c1-2-3-4-5-6-7-8-9-10-11-12-13-14-15-16-17-18-19;/h19H,1-18H2;/q-1;. The zero-order valence-corrected chi connectivity index (χ0v) is 16.9. The van der Waals surface area contributed by atoms with Gasteiger partial charge in [0.2, 0.25) is 0 Å². The summed E-state index contributed by atoms with van der Waals surface area (Å²) in [6.07, 6.45) is 22.8. The molecule has 0 rings (SSSR count). The molecule has 0 fully saturated rings. The molecule has 0 atom stereocenters. The molecule has 0 aromatic carbocycles. The van der Waals surface area contributed by atoms with E-state index in [0.29, 0.717) is 6.54 Å². The van der Waals surface area contributed by atoms with Gasteiger partial charge in [-0.25, -0.2) is 0 Å². The van der Waals surface area contributed by atoms with Crippen molar-refractivity contribution < 1.29 is 39.6 Å². The summed E-state index contributed by atoms with van der Waals surface area (Å²) in [4.78, 5) is 0. The molecular formula is C18H37CeN-. The topological polar surface area (TPSA) is 23.8 Å². The molecule has 0 aromatic heterocycles. The summed E-state index contributed by atoms with van der Waals surface area (Å²) in [5.41, 5.74) is 7.09. The Morgan fingerprint density at radius 1 is 0.400 bits per heavy atom. The first-order valence-corrected chi connectivity index (χ1v) is 11.4. The Kier molecular flexibility index (Phi) is 21.7. The van der Waals surface area contributed by atoms with Crippen molar-refractivity contribution in [3.05, 3.63) is 5.73 Å². The van der Waals surface area contributed by atoms with E-state index in [1.165, 1.54) is 138 Å². The summed E-state index contributed by atoms with van der Waals surface area (Å²) in [5.74, 6) is 0. The number of hydrogen-bond acceptors (Lipinski definition) is 0. The number of hydrogen-bond donors (Lipinski definition) is 0. The fourth-order valence-electron chi connectivity index (χ4n) is 2.72. The Morgan fingerprint density at radius 3 is 0.900 bits per heavy atom. The normalized spacial score (nSPS) is 11.0. The third-order valence-corrected chi connectivity index (χ3v) is 5.21. The second kappa shape index (κ2) is 20.3. The Morgan fingerprint density at radius 2 is 0.650 bits per heavy atom. The van der Waals surface area contributed by atoms with Crippen LogP contribution in [0.1, 0.15) is 103 Å². The van der Waals surface area contributed by atoms with Crippen LogP contribution in [-0.4, -0.2) is 6.54 Å². The molecule has 0 saturated heterocycles. The van der Waals surface area contributed by atoms with Gasteiger partial charge in [0.1, 0.15) is 0 Å². The van der Waals surface area contributed by atoms with Gasteiger partial charge in [0.15, 0.2) is 0 Å². The van der Waals surface area contributed by atoms with Crippen molar-refractivity contribution in [1.29, 1.82) is 0 Å². The van der Waals surface area contributed by atoms with Crippen molar-refractivity contribution in [2.45, 2.75) is 105 Å². The van der Waals surface area contributed by atoms with Crippen LogP contribution in [0.4, 0.5) is 0 Å². The van der Waals surface area contributed by atoms with Gasteiger partial charge in [-0.15, -0.1) is 0 Å². The molecule has 0 saturated carbocycles. The Hall–Kier alpha value is 1.34. The molecule has 0 unspecified atom stereocenters. The molecule has 0 aliphatic rings. The van der Waals surface area contributed by atoms with Gasteiger partial charge in [0.25, 0.3) is 0 Å². The first-order valence-electron chi connectivity index (χ1n) is 9.21. The molecular weight excluding hydrogens is 370 g/mol. The van der Waals surface area contributed by atoms with Gasteiger partial charge in [-0.05, 0) is 0 Å². The fraction of sp³-hybridized carbons (Fsp3) is 1.00. The van der Waals surface area contributed by atoms with E-state index in [9.17, 15) is 0 Å². The summed E-state index contributed by atoms with van der Waals surface area (Å²) in [6.45, 7) is 0.625. The van der Waals surface area contributed by atoms with Crippen molar-refractivity contribution >= 4 is 0 Å². The van der Waals surface area contributed by atoms with Crippen LogP contribution in [0.5, 0.6) is 0 Å². The maximum atomic E-state index is 7.09. The van der Waals surface area contributed by atoms with Crippen LogP contribution >= 0.6 is 0 Å². The molecule has 20 heavy (non-hydrogen) atoms. The van der Waals surface area contributed by atoms with Crippen molar-refractivity contribution in [3.63, 3.8) is 0 Å². The van der Waals surface area contributed by atoms with Gasteiger partial charge in [-0.1, -0.05) is 32.1 Å². The second-order valence-corrected chi connectivity index (χ2v) is 7.73. The minimum atomic E-state index is 0.625. The molecule has 2 heteroatoms. The second-order valence-electron chi connectivity index (χ2n) is 6.16. The molecule has 0 aliphatic carbocycles. The molecule has 0 aliphatic heterocycles. The maximum absolute atomic E-state index is 7.09. The van der Waals surface area contributed by atoms with Crippen molar-refractivity contribution in [2.24, 2.45) is 0 Å². The molecule has 0 aromatic rings. The van der Waals surface area contributed by atoms with Crippen molar-refractivity contribution in [2.75, 3.05) is 6.54 Å². The zero-order valence-electron chi connectivity index (χ0n) is 13.7. The van der Waals surface area contributed by atoms with E-state index in [1.807, 2.05) is 0 Å².